The Labute approximate surface area is 86.8 Å². The van der Waals surface area contributed by atoms with Crippen molar-refractivity contribution < 1.29 is 9.90 Å². The van der Waals surface area contributed by atoms with Crippen LogP contribution in [0.4, 0.5) is 0 Å². The maximum absolute atomic E-state index is 10.8. The lowest BCUT2D eigenvalue weighted by Gasteiger charge is -2.05. The Morgan fingerprint density at radius 2 is 2.27 bits per heavy atom. The van der Waals surface area contributed by atoms with Gasteiger partial charge in [-0.05, 0) is 36.8 Å². The van der Waals surface area contributed by atoms with Crippen molar-refractivity contribution in [2.45, 2.75) is 6.92 Å². The molecule has 0 aliphatic heterocycles. The van der Waals surface area contributed by atoms with E-state index in [9.17, 15) is 4.79 Å². The molecule has 15 heavy (non-hydrogen) atoms. The number of carboxylic acid groups (broad SMARTS) is 1. The summed E-state index contributed by atoms with van der Waals surface area (Å²) in [6, 6.07) is 6.95. The first-order valence-corrected chi connectivity index (χ1v) is 4.52. The average molecular weight is 202 g/mol. The Hall–Kier alpha value is -2.10. The molecule has 0 saturated carbocycles. The first kappa shape index (κ1) is 9.45. The summed E-state index contributed by atoms with van der Waals surface area (Å²) in [5.41, 5.74) is 1.92. The van der Waals surface area contributed by atoms with Crippen molar-refractivity contribution in [3.63, 3.8) is 0 Å². The highest BCUT2D eigenvalue weighted by atomic mass is 16.4. The minimum Gasteiger partial charge on any atom is -0.478 e. The molecular weight excluding hydrogens is 192 g/mol. The van der Waals surface area contributed by atoms with Gasteiger partial charge in [0.05, 0.1) is 11.3 Å². The van der Waals surface area contributed by atoms with Crippen molar-refractivity contribution in [2.75, 3.05) is 0 Å². The Morgan fingerprint density at radius 3 is 2.80 bits per heavy atom. The third-order valence-corrected chi connectivity index (χ3v) is 2.21. The molecule has 1 aromatic heterocycles. The minimum absolute atomic E-state index is 0.325. The van der Waals surface area contributed by atoms with Crippen LogP contribution in [0.15, 0.2) is 36.7 Å². The molecule has 0 aliphatic carbocycles. The largest absolute Gasteiger partial charge is 0.478 e. The van der Waals surface area contributed by atoms with Gasteiger partial charge in [-0.1, -0.05) is 0 Å². The van der Waals surface area contributed by atoms with Crippen molar-refractivity contribution in [3.8, 4) is 5.69 Å². The van der Waals surface area contributed by atoms with Gasteiger partial charge in [-0.3, -0.25) is 0 Å². The molecule has 0 atom stereocenters. The Morgan fingerprint density at radius 1 is 1.47 bits per heavy atom. The van der Waals surface area contributed by atoms with E-state index < -0.39 is 5.97 Å². The van der Waals surface area contributed by atoms with Crippen LogP contribution in [0.5, 0.6) is 0 Å². The molecule has 0 spiro atoms. The predicted octanol–water partition coefficient (Wildman–Crippen LogP) is 1.88. The van der Waals surface area contributed by atoms with Crippen molar-refractivity contribution in [1.82, 2.24) is 9.78 Å². The van der Waals surface area contributed by atoms with Crippen molar-refractivity contribution >= 4 is 5.97 Å². The van der Waals surface area contributed by atoms with Gasteiger partial charge in [-0.25, -0.2) is 9.48 Å². The third-order valence-electron chi connectivity index (χ3n) is 2.21. The van der Waals surface area contributed by atoms with Crippen LogP contribution in [0.25, 0.3) is 5.69 Å². The van der Waals surface area contributed by atoms with E-state index in [1.165, 1.54) is 0 Å². The van der Waals surface area contributed by atoms with E-state index in [0.29, 0.717) is 5.56 Å². The molecule has 2 aromatic rings. The van der Waals surface area contributed by atoms with E-state index in [4.69, 9.17) is 5.11 Å². The van der Waals surface area contributed by atoms with Crippen LogP contribution in [0, 0.1) is 6.92 Å². The molecule has 0 amide bonds. The highest BCUT2D eigenvalue weighted by Crippen LogP contribution is 2.13. The fourth-order valence-corrected chi connectivity index (χ4v) is 1.45. The normalized spacial score (nSPS) is 10.2. The Bertz CT molecular complexity index is 489. The lowest BCUT2D eigenvalue weighted by molar-refractivity contribution is 0.0696. The lowest BCUT2D eigenvalue weighted by Crippen LogP contribution is -2.02. The number of aromatic carboxylic acids is 1. The van der Waals surface area contributed by atoms with Gasteiger partial charge < -0.3 is 5.11 Å². The zero-order valence-electron chi connectivity index (χ0n) is 8.21. The molecule has 76 valence electrons. The number of nitrogens with zero attached hydrogens (tertiary/aromatic N) is 2. The zero-order chi connectivity index (χ0) is 10.8. The minimum atomic E-state index is -0.903. The van der Waals surface area contributed by atoms with E-state index in [0.717, 1.165) is 11.3 Å². The fourth-order valence-electron chi connectivity index (χ4n) is 1.45. The number of aryl methyl sites for hydroxylation is 1. The predicted molar refractivity (Wildman–Crippen MR) is 55.3 cm³/mol. The second-order valence-electron chi connectivity index (χ2n) is 3.26. The lowest BCUT2D eigenvalue weighted by atomic mass is 10.1. The number of hydrogen-bond donors (Lipinski definition) is 1. The van der Waals surface area contributed by atoms with Gasteiger partial charge in [0, 0.05) is 12.4 Å². The van der Waals surface area contributed by atoms with E-state index in [-0.39, 0.29) is 0 Å². The first-order valence-electron chi connectivity index (χ1n) is 4.52. The molecule has 0 aliphatic rings. The first-order chi connectivity index (χ1) is 7.18. The van der Waals surface area contributed by atoms with Crippen molar-refractivity contribution in [1.29, 1.82) is 0 Å². The fraction of sp³-hybridized carbons (Fsp3) is 0.0909. The smallest absolute Gasteiger partial charge is 0.335 e. The summed E-state index contributed by atoms with van der Waals surface area (Å²) in [6.07, 6.45) is 3.50. The molecule has 0 fully saturated rings. The van der Waals surface area contributed by atoms with E-state index in [1.807, 2.05) is 12.3 Å². The van der Waals surface area contributed by atoms with Gasteiger partial charge in [0.15, 0.2) is 0 Å². The molecule has 1 heterocycles. The van der Waals surface area contributed by atoms with E-state index in [2.05, 4.69) is 5.10 Å². The summed E-state index contributed by atoms with van der Waals surface area (Å²) in [5, 5.41) is 12.9. The maximum Gasteiger partial charge on any atom is 0.335 e. The topological polar surface area (TPSA) is 55.1 Å². The molecule has 2 rings (SSSR count). The number of carboxylic acids is 1. The van der Waals surface area contributed by atoms with Gasteiger partial charge in [-0.15, -0.1) is 0 Å². The average Bonchev–Trinajstić information content (AvgIpc) is 2.69. The van der Waals surface area contributed by atoms with Gasteiger partial charge in [0.1, 0.15) is 0 Å². The quantitative estimate of drug-likeness (QED) is 0.808. The zero-order valence-corrected chi connectivity index (χ0v) is 8.21. The molecule has 0 bridgehead atoms. The van der Waals surface area contributed by atoms with Crippen LogP contribution in [-0.4, -0.2) is 20.9 Å². The van der Waals surface area contributed by atoms with Gasteiger partial charge in [0.2, 0.25) is 0 Å². The van der Waals surface area contributed by atoms with Gasteiger partial charge in [-0.2, -0.15) is 5.10 Å². The summed E-state index contributed by atoms with van der Waals surface area (Å²) in [4.78, 5) is 10.8. The third kappa shape index (κ3) is 1.74. The van der Waals surface area contributed by atoms with E-state index in [1.54, 1.807) is 36.0 Å². The summed E-state index contributed by atoms with van der Waals surface area (Å²) >= 11 is 0. The van der Waals surface area contributed by atoms with Crippen molar-refractivity contribution in [3.05, 3.63) is 47.8 Å². The van der Waals surface area contributed by atoms with Crippen molar-refractivity contribution in [2.24, 2.45) is 0 Å². The Balaban J connectivity index is 2.47. The molecule has 0 unspecified atom stereocenters. The number of carbonyl (C=O) groups is 1. The molecule has 4 heteroatoms. The van der Waals surface area contributed by atoms with Crippen LogP contribution in [0.1, 0.15) is 15.9 Å². The summed E-state index contributed by atoms with van der Waals surface area (Å²) in [5.74, 6) is -0.903. The van der Waals surface area contributed by atoms with Crippen LogP contribution in [0.2, 0.25) is 0 Å². The number of benzene rings is 1. The molecule has 1 aromatic carbocycles. The summed E-state index contributed by atoms with van der Waals surface area (Å²) in [6.45, 7) is 1.77. The summed E-state index contributed by atoms with van der Waals surface area (Å²) < 4.78 is 1.69. The van der Waals surface area contributed by atoms with Crippen LogP contribution < -0.4 is 0 Å². The highest BCUT2D eigenvalue weighted by molar-refractivity contribution is 5.89. The molecule has 1 N–H and O–H groups in total. The standard InChI is InChI=1S/C11H10N2O2/c1-8-7-9(13-6-2-5-12-13)3-4-10(8)11(14)15/h2-7H,1H3,(H,14,15). The highest BCUT2D eigenvalue weighted by Gasteiger charge is 2.07. The number of aromatic nitrogens is 2. The molecular formula is C11H10N2O2. The van der Waals surface area contributed by atoms with Crippen LogP contribution in [-0.2, 0) is 0 Å². The summed E-state index contributed by atoms with van der Waals surface area (Å²) in [7, 11) is 0. The second kappa shape index (κ2) is 3.57. The maximum atomic E-state index is 10.8. The monoisotopic (exact) mass is 202 g/mol. The molecule has 0 saturated heterocycles. The van der Waals surface area contributed by atoms with Gasteiger partial charge in [0.25, 0.3) is 0 Å². The van der Waals surface area contributed by atoms with Gasteiger partial charge >= 0.3 is 5.97 Å². The SMILES string of the molecule is Cc1cc(-n2cccn2)ccc1C(=O)O. The van der Waals surface area contributed by atoms with E-state index >= 15 is 0 Å². The number of hydrogen-bond acceptors (Lipinski definition) is 2. The second-order valence-corrected chi connectivity index (χ2v) is 3.26. The molecule has 4 nitrogen and oxygen atoms in total. The van der Waals surface area contributed by atoms with Crippen LogP contribution >= 0.6 is 0 Å². The molecule has 0 radical (unpaired) electrons. The Kier molecular flexibility index (Phi) is 2.25. The number of rotatable bonds is 2. The van der Waals surface area contributed by atoms with Crippen LogP contribution in [0.3, 0.4) is 0 Å².